The molecule has 0 fully saturated rings. The van der Waals surface area contributed by atoms with E-state index in [1.165, 1.54) is 81.6 Å². The minimum Gasteiger partial charge on any atom is -0.507 e. The van der Waals surface area contributed by atoms with Crippen molar-refractivity contribution in [3.8, 4) is 17.2 Å². The van der Waals surface area contributed by atoms with E-state index in [2.05, 4.69) is 16.9 Å². The smallest absolute Gasteiger partial charge is 0.311 e. The molecule has 1 heterocycles. The number of aromatic nitrogens is 1. The van der Waals surface area contributed by atoms with Crippen molar-refractivity contribution < 1.29 is 19.4 Å². The SMILES string of the molecule is CCCCCCCCCCCCCCC(=O)Oc1ccc(/C=N/c2nc3ccc(OC)cc3s2)c(O)c1. The van der Waals surface area contributed by atoms with Crippen molar-refractivity contribution in [1.29, 1.82) is 0 Å². The third-order valence-corrected chi connectivity index (χ3v) is 7.29. The maximum atomic E-state index is 12.2. The Morgan fingerprint density at radius 1 is 0.919 bits per heavy atom. The van der Waals surface area contributed by atoms with E-state index in [0.29, 0.717) is 22.9 Å². The first-order valence-electron chi connectivity index (χ1n) is 13.6. The quantitative estimate of drug-likeness (QED) is 0.0826. The van der Waals surface area contributed by atoms with Crippen LogP contribution in [0.5, 0.6) is 17.2 Å². The van der Waals surface area contributed by atoms with Crippen LogP contribution in [0.2, 0.25) is 0 Å². The number of rotatable bonds is 17. The number of aliphatic imine (C=N–C) groups is 1. The van der Waals surface area contributed by atoms with Crippen LogP contribution >= 0.6 is 11.3 Å². The minimum absolute atomic E-state index is 0.00203. The van der Waals surface area contributed by atoms with Gasteiger partial charge in [-0.25, -0.2) is 9.98 Å². The Balaban J connectivity index is 1.33. The Labute approximate surface area is 224 Å². The fourth-order valence-electron chi connectivity index (χ4n) is 4.19. The number of unbranched alkanes of at least 4 members (excludes halogenated alkanes) is 11. The largest absolute Gasteiger partial charge is 0.507 e. The normalized spacial score (nSPS) is 11.4. The van der Waals surface area contributed by atoms with Gasteiger partial charge in [-0.2, -0.15) is 0 Å². The zero-order chi connectivity index (χ0) is 26.3. The number of hydrogen-bond acceptors (Lipinski definition) is 7. The Morgan fingerprint density at radius 3 is 2.22 bits per heavy atom. The summed E-state index contributed by atoms with van der Waals surface area (Å²) in [5.41, 5.74) is 1.37. The molecule has 0 bridgehead atoms. The molecule has 0 saturated heterocycles. The van der Waals surface area contributed by atoms with Gasteiger partial charge >= 0.3 is 5.97 Å². The molecule has 7 heteroatoms. The lowest BCUT2D eigenvalue weighted by Gasteiger charge is -2.06. The zero-order valence-corrected chi connectivity index (χ0v) is 23.0. The Hall–Kier alpha value is -2.93. The van der Waals surface area contributed by atoms with Crippen LogP contribution in [-0.2, 0) is 4.79 Å². The average Bonchev–Trinajstić information content (AvgIpc) is 3.31. The van der Waals surface area contributed by atoms with Crippen LogP contribution in [-0.4, -0.2) is 29.4 Å². The van der Waals surface area contributed by atoms with E-state index in [1.807, 2.05) is 18.2 Å². The molecule has 2 aromatic carbocycles. The number of phenols is 1. The summed E-state index contributed by atoms with van der Waals surface area (Å²) in [5, 5.41) is 10.9. The number of methoxy groups -OCH3 is 1. The zero-order valence-electron chi connectivity index (χ0n) is 22.2. The predicted octanol–water partition coefficient (Wildman–Crippen LogP) is 8.76. The van der Waals surface area contributed by atoms with Crippen LogP contribution in [0.25, 0.3) is 10.2 Å². The molecule has 0 atom stereocenters. The highest BCUT2D eigenvalue weighted by Gasteiger charge is 2.08. The molecule has 3 aromatic rings. The molecular formula is C30H40N2O4S. The predicted molar refractivity (Wildman–Crippen MR) is 153 cm³/mol. The average molecular weight is 525 g/mol. The van der Waals surface area contributed by atoms with Gasteiger partial charge in [0.05, 0.1) is 17.3 Å². The van der Waals surface area contributed by atoms with E-state index in [-0.39, 0.29) is 11.7 Å². The van der Waals surface area contributed by atoms with E-state index >= 15 is 0 Å². The monoisotopic (exact) mass is 524 g/mol. The van der Waals surface area contributed by atoms with Gasteiger partial charge < -0.3 is 14.6 Å². The Bertz CT molecular complexity index is 1140. The molecule has 37 heavy (non-hydrogen) atoms. The standard InChI is InChI=1S/C30H40N2O4S/c1-3-4-5-6-7-8-9-10-11-12-13-14-15-29(34)36-25-17-16-23(27(33)20-25)22-31-30-32-26-19-18-24(35-2)21-28(26)37-30/h16-22,33H,3-15H2,1-2H3/b31-22+. The van der Waals surface area contributed by atoms with Gasteiger partial charge in [0, 0.05) is 24.3 Å². The van der Waals surface area contributed by atoms with E-state index in [1.54, 1.807) is 25.5 Å². The second-order valence-electron chi connectivity index (χ2n) is 9.42. The first kappa shape index (κ1) is 28.6. The number of thiazole rings is 1. The molecule has 0 spiro atoms. The van der Waals surface area contributed by atoms with Gasteiger partial charge in [-0.05, 0) is 36.8 Å². The summed E-state index contributed by atoms with van der Waals surface area (Å²) >= 11 is 1.44. The summed E-state index contributed by atoms with van der Waals surface area (Å²) in [6.07, 6.45) is 17.0. The Kier molecular flexibility index (Phi) is 12.4. The van der Waals surface area contributed by atoms with Crippen molar-refractivity contribution in [1.82, 2.24) is 4.98 Å². The molecule has 6 nitrogen and oxygen atoms in total. The highest BCUT2D eigenvalue weighted by Crippen LogP contribution is 2.31. The highest BCUT2D eigenvalue weighted by molar-refractivity contribution is 7.22. The molecule has 0 aliphatic rings. The number of carbonyl (C=O) groups is 1. The number of phenolic OH excluding ortho intramolecular Hbond substituents is 1. The third-order valence-electron chi connectivity index (χ3n) is 6.37. The molecular weight excluding hydrogens is 484 g/mol. The number of nitrogens with zero attached hydrogens (tertiary/aromatic N) is 2. The molecule has 0 saturated carbocycles. The minimum atomic E-state index is -0.266. The number of ether oxygens (including phenoxy) is 2. The van der Waals surface area contributed by atoms with Crippen LogP contribution in [0, 0.1) is 0 Å². The third kappa shape index (κ3) is 10.2. The van der Waals surface area contributed by atoms with Crippen LogP contribution in [0.15, 0.2) is 41.4 Å². The number of benzene rings is 2. The van der Waals surface area contributed by atoms with Gasteiger partial charge in [-0.1, -0.05) is 88.9 Å². The van der Waals surface area contributed by atoms with Gasteiger partial charge in [0.2, 0.25) is 5.13 Å². The van der Waals surface area contributed by atoms with Gasteiger partial charge in [-0.3, -0.25) is 4.79 Å². The van der Waals surface area contributed by atoms with Crippen LogP contribution in [0.1, 0.15) is 96.0 Å². The number of aromatic hydroxyl groups is 1. The topological polar surface area (TPSA) is 81.0 Å². The fourth-order valence-corrected chi connectivity index (χ4v) is 5.03. The van der Waals surface area contributed by atoms with Crippen LogP contribution in [0.3, 0.4) is 0 Å². The van der Waals surface area contributed by atoms with Crippen molar-refractivity contribution in [2.45, 2.75) is 90.4 Å². The van der Waals surface area contributed by atoms with Gasteiger partial charge in [-0.15, -0.1) is 0 Å². The Morgan fingerprint density at radius 2 is 1.57 bits per heavy atom. The first-order chi connectivity index (χ1) is 18.1. The molecule has 0 aliphatic carbocycles. The summed E-state index contributed by atoms with van der Waals surface area (Å²) in [4.78, 5) is 21.1. The van der Waals surface area contributed by atoms with Crippen molar-refractivity contribution >= 4 is 38.9 Å². The molecule has 0 unspecified atom stereocenters. The van der Waals surface area contributed by atoms with Gasteiger partial charge in [0.25, 0.3) is 0 Å². The van der Waals surface area contributed by atoms with E-state index in [9.17, 15) is 9.90 Å². The molecule has 0 amide bonds. The number of esters is 1. The van der Waals surface area contributed by atoms with Crippen molar-refractivity contribution in [2.24, 2.45) is 4.99 Å². The summed E-state index contributed by atoms with van der Waals surface area (Å²) in [5.74, 6) is 0.846. The summed E-state index contributed by atoms with van der Waals surface area (Å²) in [7, 11) is 1.63. The number of fused-ring (bicyclic) bond motifs is 1. The molecule has 0 radical (unpaired) electrons. The summed E-state index contributed by atoms with van der Waals surface area (Å²) < 4.78 is 11.6. The molecule has 3 rings (SSSR count). The number of carbonyl (C=O) groups excluding carboxylic acids is 1. The fraction of sp³-hybridized carbons (Fsp3) is 0.500. The van der Waals surface area contributed by atoms with Crippen LogP contribution < -0.4 is 9.47 Å². The van der Waals surface area contributed by atoms with E-state index < -0.39 is 0 Å². The van der Waals surface area contributed by atoms with Crippen molar-refractivity contribution in [3.05, 3.63) is 42.0 Å². The molecule has 1 N–H and O–H groups in total. The van der Waals surface area contributed by atoms with E-state index in [4.69, 9.17) is 9.47 Å². The van der Waals surface area contributed by atoms with Gasteiger partial charge in [0.1, 0.15) is 17.2 Å². The summed E-state index contributed by atoms with van der Waals surface area (Å²) in [6, 6.07) is 10.5. The molecule has 200 valence electrons. The van der Waals surface area contributed by atoms with Crippen molar-refractivity contribution in [3.63, 3.8) is 0 Å². The van der Waals surface area contributed by atoms with Gasteiger partial charge in [0.15, 0.2) is 0 Å². The lowest BCUT2D eigenvalue weighted by atomic mass is 10.0. The van der Waals surface area contributed by atoms with Crippen LogP contribution in [0.4, 0.5) is 5.13 Å². The number of hydrogen-bond donors (Lipinski definition) is 1. The second-order valence-corrected chi connectivity index (χ2v) is 10.4. The maximum Gasteiger partial charge on any atom is 0.311 e. The molecule has 1 aromatic heterocycles. The second kappa shape index (κ2) is 16.0. The maximum absolute atomic E-state index is 12.2. The lowest BCUT2D eigenvalue weighted by molar-refractivity contribution is -0.134. The highest BCUT2D eigenvalue weighted by atomic mass is 32.1. The van der Waals surface area contributed by atoms with Crippen molar-refractivity contribution in [2.75, 3.05) is 7.11 Å². The lowest BCUT2D eigenvalue weighted by Crippen LogP contribution is -2.07. The first-order valence-corrected chi connectivity index (χ1v) is 14.4. The van der Waals surface area contributed by atoms with E-state index in [0.717, 1.165) is 28.8 Å². The molecule has 0 aliphatic heterocycles. The summed E-state index contributed by atoms with van der Waals surface area (Å²) in [6.45, 7) is 2.25.